The van der Waals surface area contributed by atoms with Crippen LogP contribution in [0, 0.1) is 11.8 Å². The SMILES string of the molecule is C=CC(=O)OC12CC3C(F)C(C1F)C(F)C(F)(C3F)C2F. The zero-order valence-electron chi connectivity index (χ0n) is 10.6. The zero-order valence-corrected chi connectivity index (χ0v) is 10.6. The number of esters is 1. The summed E-state index contributed by atoms with van der Waals surface area (Å²) >= 11 is 0. The van der Waals surface area contributed by atoms with Crippen LogP contribution in [0.15, 0.2) is 12.7 Å². The van der Waals surface area contributed by atoms with Crippen LogP contribution in [-0.4, -0.2) is 48.1 Å². The summed E-state index contributed by atoms with van der Waals surface area (Å²) in [7, 11) is 0. The van der Waals surface area contributed by atoms with E-state index in [2.05, 4.69) is 11.3 Å². The van der Waals surface area contributed by atoms with Gasteiger partial charge in [0.2, 0.25) is 5.67 Å². The van der Waals surface area contributed by atoms with E-state index in [1.54, 1.807) is 0 Å². The average molecular weight is 314 g/mol. The van der Waals surface area contributed by atoms with Crippen molar-refractivity contribution >= 4 is 5.97 Å². The fourth-order valence-electron chi connectivity index (χ4n) is 3.99. The molecule has 2 nitrogen and oxygen atoms in total. The van der Waals surface area contributed by atoms with Crippen LogP contribution in [0.2, 0.25) is 0 Å². The maximum Gasteiger partial charge on any atom is 0.330 e. The van der Waals surface area contributed by atoms with Gasteiger partial charge in [-0.05, 0) is 0 Å². The highest BCUT2D eigenvalue weighted by Crippen LogP contribution is 2.64. The zero-order chi connectivity index (χ0) is 15.7. The van der Waals surface area contributed by atoms with Crippen LogP contribution < -0.4 is 0 Å². The van der Waals surface area contributed by atoms with E-state index < -0.39 is 66.4 Å². The lowest BCUT2D eigenvalue weighted by Crippen LogP contribution is -2.83. The maximum atomic E-state index is 14.5. The minimum atomic E-state index is -3.71. The predicted molar refractivity (Wildman–Crippen MR) is 58.9 cm³/mol. The van der Waals surface area contributed by atoms with Crippen LogP contribution in [-0.2, 0) is 9.53 Å². The molecule has 4 fully saturated rings. The van der Waals surface area contributed by atoms with Crippen LogP contribution >= 0.6 is 0 Å². The summed E-state index contributed by atoms with van der Waals surface area (Å²) in [6.45, 7) is 3.04. The number of hydrogen-bond donors (Lipinski definition) is 0. The second kappa shape index (κ2) is 4.16. The summed E-state index contributed by atoms with van der Waals surface area (Å²) in [6.07, 6.45) is -13.9. The van der Waals surface area contributed by atoms with Gasteiger partial charge in [0.25, 0.3) is 0 Å². The second-order valence-corrected chi connectivity index (χ2v) is 5.87. The number of halogens is 6. The molecule has 0 heterocycles. The molecule has 4 bridgehead atoms. The van der Waals surface area contributed by atoms with Crippen LogP contribution in [0.25, 0.3) is 0 Å². The summed E-state index contributed by atoms with van der Waals surface area (Å²) in [5.74, 6) is -5.19. The smallest absolute Gasteiger partial charge is 0.330 e. The number of alkyl halides is 6. The van der Waals surface area contributed by atoms with Gasteiger partial charge in [-0.1, -0.05) is 6.58 Å². The van der Waals surface area contributed by atoms with Gasteiger partial charge in [0.05, 0.1) is 5.92 Å². The molecule has 0 aromatic rings. The molecule has 0 radical (unpaired) electrons. The first-order valence-corrected chi connectivity index (χ1v) is 6.46. The number of ether oxygens (including phenoxy) is 1. The fraction of sp³-hybridized carbons (Fsp3) is 0.769. The third-order valence-corrected chi connectivity index (χ3v) is 4.97. The van der Waals surface area contributed by atoms with E-state index in [9.17, 15) is 31.1 Å². The van der Waals surface area contributed by atoms with Gasteiger partial charge in [0.1, 0.15) is 18.5 Å². The third kappa shape index (κ3) is 1.43. The Bertz CT molecular complexity index is 501. The second-order valence-electron chi connectivity index (χ2n) is 5.87. The Morgan fingerprint density at radius 3 is 2.33 bits per heavy atom. The first-order valence-electron chi connectivity index (χ1n) is 6.46. The molecular weight excluding hydrogens is 302 g/mol. The Morgan fingerprint density at radius 1 is 1.14 bits per heavy atom. The van der Waals surface area contributed by atoms with Gasteiger partial charge in [-0.3, -0.25) is 0 Å². The van der Waals surface area contributed by atoms with Gasteiger partial charge in [-0.25, -0.2) is 31.1 Å². The molecule has 8 heteroatoms. The third-order valence-electron chi connectivity index (χ3n) is 4.97. The molecule has 4 aliphatic rings. The summed E-state index contributed by atoms with van der Waals surface area (Å²) in [4.78, 5) is 11.3. The molecule has 4 aliphatic carbocycles. The molecule has 0 aromatic heterocycles. The summed E-state index contributed by atoms with van der Waals surface area (Å²) in [6, 6.07) is 0. The van der Waals surface area contributed by atoms with Crippen LogP contribution in [0.1, 0.15) is 6.42 Å². The summed E-state index contributed by atoms with van der Waals surface area (Å²) < 4.78 is 89.7. The minimum Gasteiger partial charge on any atom is -0.450 e. The van der Waals surface area contributed by atoms with Gasteiger partial charge >= 0.3 is 5.97 Å². The molecule has 0 amide bonds. The Hall–Kier alpha value is -1.21. The van der Waals surface area contributed by atoms with E-state index in [0.717, 1.165) is 0 Å². The molecule has 0 aliphatic heterocycles. The topological polar surface area (TPSA) is 26.3 Å². The van der Waals surface area contributed by atoms with E-state index in [0.29, 0.717) is 6.08 Å². The maximum absolute atomic E-state index is 14.5. The van der Waals surface area contributed by atoms with Crippen molar-refractivity contribution in [1.82, 2.24) is 0 Å². The first-order chi connectivity index (χ1) is 9.71. The van der Waals surface area contributed by atoms with Gasteiger partial charge in [0.15, 0.2) is 17.9 Å². The van der Waals surface area contributed by atoms with Gasteiger partial charge in [-0.2, -0.15) is 0 Å². The first kappa shape index (κ1) is 14.7. The largest absolute Gasteiger partial charge is 0.450 e. The Kier molecular flexibility index (Phi) is 2.92. The molecule has 118 valence electrons. The number of carbonyl (C=O) groups is 1. The molecule has 0 aromatic carbocycles. The number of hydrogen-bond acceptors (Lipinski definition) is 2. The van der Waals surface area contributed by atoms with Crippen molar-refractivity contribution in [2.75, 3.05) is 0 Å². The van der Waals surface area contributed by atoms with Crippen LogP contribution in [0.3, 0.4) is 0 Å². The minimum absolute atomic E-state index is 0.593. The fourth-order valence-corrected chi connectivity index (χ4v) is 3.99. The molecule has 0 spiro atoms. The predicted octanol–water partition coefficient (Wildman–Crippen LogP) is 2.52. The van der Waals surface area contributed by atoms with E-state index in [1.807, 2.05) is 0 Å². The molecule has 0 saturated heterocycles. The normalized spacial score (nSPS) is 58.1. The molecular formula is C13H12F6O2. The quantitative estimate of drug-likeness (QED) is 0.445. The number of rotatable bonds is 2. The average Bonchev–Trinajstić information content (AvgIpc) is 2.45. The monoisotopic (exact) mass is 314 g/mol. The van der Waals surface area contributed by atoms with E-state index in [-0.39, 0.29) is 0 Å². The van der Waals surface area contributed by atoms with Crippen LogP contribution in [0.4, 0.5) is 26.3 Å². The van der Waals surface area contributed by atoms with Crippen molar-refractivity contribution < 1.29 is 35.9 Å². The number of carbonyl (C=O) groups excluding carboxylic acids is 1. The highest BCUT2D eigenvalue weighted by Gasteiger charge is 2.83. The molecule has 9 atom stereocenters. The molecule has 4 rings (SSSR count). The summed E-state index contributed by atoms with van der Waals surface area (Å²) in [5.41, 5.74) is -6.41. The summed E-state index contributed by atoms with van der Waals surface area (Å²) in [5, 5.41) is 0. The van der Waals surface area contributed by atoms with Gasteiger partial charge in [-0.15, -0.1) is 0 Å². The van der Waals surface area contributed by atoms with Crippen molar-refractivity contribution in [3.05, 3.63) is 12.7 Å². The van der Waals surface area contributed by atoms with Crippen molar-refractivity contribution in [3.63, 3.8) is 0 Å². The lowest BCUT2D eigenvalue weighted by molar-refractivity contribution is -0.324. The standard InChI is InChI=1S/C13H12F6O2/c1-2-5(20)21-12-3-4-7(14)6(9(12)16)10(17)13(19,8(4)15)11(12)18/h2,4,6-11H,1,3H2. The molecule has 4 saturated carbocycles. The molecule has 9 unspecified atom stereocenters. The van der Waals surface area contributed by atoms with E-state index in [4.69, 9.17) is 0 Å². The van der Waals surface area contributed by atoms with Crippen LogP contribution in [0.5, 0.6) is 0 Å². The Balaban J connectivity index is 2.11. The van der Waals surface area contributed by atoms with Gasteiger partial charge < -0.3 is 4.74 Å². The lowest BCUT2D eigenvalue weighted by Gasteiger charge is -2.63. The van der Waals surface area contributed by atoms with E-state index >= 15 is 0 Å². The van der Waals surface area contributed by atoms with Crippen molar-refractivity contribution in [2.45, 2.75) is 48.5 Å². The lowest BCUT2D eigenvalue weighted by atomic mass is 9.48. The Morgan fingerprint density at radius 2 is 1.76 bits per heavy atom. The van der Waals surface area contributed by atoms with E-state index in [1.165, 1.54) is 0 Å². The highest BCUT2D eigenvalue weighted by molar-refractivity contribution is 5.81. The highest BCUT2D eigenvalue weighted by atomic mass is 19.2. The van der Waals surface area contributed by atoms with Crippen molar-refractivity contribution in [3.8, 4) is 0 Å². The molecule has 21 heavy (non-hydrogen) atoms. The molecule has 0 N–H and O–H groups in total. The van der Waals surface area contributed by atoms with Gasteiger partial charge in [0, 0.05) is 18.4 Å². The van der Waals surface area contributed by atoms with Crippen molar-refractivity contribution in [1.29, 1.82) is 0 Å². The Labute approximate surface area is 116 Å². The van der Waals surface area contributed by atoms with Crippen molar-refractivity contribution in [2.24, 2.45) is 11.8 Å².